The molecule has 4 N–H and O–H groups in total. The van der Waals surface area contributed by atoms with Gasteiger partial charge < -0.3 is 20.5 Å². The molecule has 1 aromatic heterocycles. The molecule has 0 saturated carbocycles. The first kappa shape index (κ1) is 22.7. The molecule has 0 spiro atoms. The van der Waals surface area contributed by atoms with Crippen LogP contribution in [0.3, 0.4) is 0 Å². The van der Waals surface area contributed by atoms with Crippen molar-refractivity contribution in [1.82, 2.24) is 10.3 Å². The minimum absolute atomic E-state index is 0.00720. The molecule has 0 fully saturated rings. The molecule has 1 amide bonds. The van der Waals surface area contributed by atoms with E-state index in [-0.39, 0.29) is 24.9 Å². The average molecular weight is 434 g/mol. The van der Waals surface area contributed by atoms with Gasteiger partial charge in [-0.3, -0.25) is 15.0 Å². The van der Waals surface area contributed by atoms with Crippen molar-refractivity contribution >= 4 is 28.6 Å². The van der Waals surface area contributed by atoms with Crippen molar-refractivity contribution < 1.29 is 19.1 Å². The predicted octanol–water partition coefficient (Wildman–Crippen LogP) is 3.75. The molecular weight excluding hydrogens is 408 g/mol. The van der Waals surface area contributed by atoms with Gasteiger partial charge in [0.05, 0.1) is 18.2 Å². The maximum Gasteiger partial charge on any atom is 0.315 e. The molecule has 1 heterocycles. The maximum absolute atomic E-state index is 12.1. The van der Waals surface area contributed by atoms with Gasteiger partial charge in [-0.15, -0.1) is 0 Å². The van der Waals surface area contributed by atoms with Crippen LogP contribution in [-0.2, 0) is 14.3 Å². The topological polar surface area (TPSA) is 127 Å². The van der Waals surface area contributed by atoms with Crippen molar-refractivity contribution in [3.8, 4) is 11.6 Å². The van der Waals surface area contributed by atoms with Gasteiger partial charge in [0, 0.05) is 17.0 Å². The summed E-state index contributed by atoms with van der Waals surface area (Å²) in [6.07, 6.45) is -0.316. The first-order valence-electron chi connectivity index (χ1n) is 10.3. The van der Waals surface area contributed by atoms with Gasteiger partial charge in [-0.2, -0.15) is 0 Å². The van der Waals surface area contributed by atoms with Crippen molar-refractivity contribution in [2.75, 3.05) is 6.61 Å². The summed E-state index contributed by atoms with van der Waals surface area (Å²) in [7, 11) is 0. The van der Waals surface area contributed by atoms with E-state index in [2.05, 4.69) is 10.3 Å². The molecule has 1 unspecified atom stereocenters. The van der Waals surface area contributed by atoms with Crippen LogP contribution in [0.5, 0.6) is 11.6 Å². The Kier molecular flexibility index (Phi) is 7.04. The number of nitrogens with zero attached hydrogens (tertiary/aromatic N) is 1. The van der Waals surface area contributed by atoms with Crippen LogP contribution < -0.4 is 15.8 Å². The van der Waals surface area contributed by atoms with E-state index in [4.69, 9.17) is 20.6 Å². The number of hydrogen-bond donors (Lipinski definition) is 3. The highest BCUT2D eigenvalue weighted by Crippen LogP contribution is 2.27. The van der Waals surface area contributed by atoms with Gasteiger partial charge in [-0.05, 0) is 62.2 Å². The number of amidine groups is 1. The molecule has 0 radical (unpaired) electrons. The van der Waals surface area contributed by atoms with Gasteiger partial charge in [0.25, 0.3) is 0 Å². The SMILES string of the molecule is CCOC(=O)CC(=O)NC(C)c1ccc2c(C)cc(Oc3ccc(C(=N)N)cc3)nc2c1. The van der Waals surface area contributed by atoms with Crippen LogP contribution in [0.15, 0.2) is 48.5 Å². The van der Waals surface area contributed by atoms with Crippen molar-refractivity contribution in [1.29, 1.82) is 5.41 Å². The molecule has 0 aliphatic rings. The number of ether oxygens (including phenoxy) is 2. The number of nitrogen functional groups attached to an aromatic ring is 1. The lowest BCUT2D eigenvalue weighted by atomic mass is 10.0. The summed E-state index contributed by atoms with van der Waals surface area (Å²) in [4.78, 5) is 28.2. The number of nitrogens with two attached hydrogens (primary N) is 1. The lowest BCUT2D eigenvalue weighted by Crippen LogP contribution is -2.29. The van der Waals surface area contributed by atoms with Gasteiger partial charge in [-0.1, -0.05) is 12.1 Å². The summed E-state index contributed by atoms with van der Waals surface area (Å²) in [6.45, 7) is 5.75. The number of hydrogen-bond acceptors (Lipinski definition) is 6. The van der Waals surface area contributed by atoms with Gasteiger partial charge >= 0.3 is 5.97 Å². The number of benzene rings is 2. The lowest BCUT2D eigenvalue weighted by Gasteiger charge is -2.15. The van der Waals surface area contributed by atoms with Gasteiger partial charge in [0.1, 0.15) is 18.0 Å². The molecule has 0 saturated heterocycles. The first-order valence-corrected chi connectivity index (χ1v) is 10.3. The highest BCUT2D eigenvalue weighted by molar-refractivity contribution is 5.95. The molecule has 3 rings (SSSR count). The second-order valence-electron chi connectivity index (χ2n) is 7.37. The Hall–Kier alpha value is -3.94. The highest BCUT2D eigenvalue weighted by Gasteiger charge is 2.15. The lowest BCUT2D eigenvalue weighted by molar-refractivity contribution is -0.146. The number of carbonyl (C=O) groups excluding carboxylic acids is 2. The summed E-state index contributed by atoms with van der Waals surface area (Å²) in [6, 6.07) is 14.2. The molecule has 0 aliphatic heterocycles. The van der Waals surface area contributed by atoms with Crippen molar-refractivity contribution in [3.05, 3.63) is 65.2 Å². The van der Waals surface area contributed by atoms with Crippen LogP contribution >= 0.6 is 0 Å². The van der Waals surface area contributed by atoms with Crippen LogP contribution in [0.1, 0.15) is 43.0 Å². The largest absolute Gasteiger partial charge is 0.466 e. The van der Waals surface area contributed by atoms with E-state index in [9.17, 15) is 9.59 Å². The van der Waals surface area contributed by atoms with Gasteiger partial charge in [0.15, 0.2) is 0 Å². The molecule has 1 atom stereocenters. The Morgan fingerprint density at radius 2 is 1.88 bits per heavy atom. The van der Waals surface area contributed by atoms with Crippen molar-refractivity contribution in [2.24, 2.45) is 5.73 Å². The molecule has 2 aromatic carbocycles. The maximum atomic E-state index is 12.1. The predicted molar refractivity (Wildman–Crippen MR) is 122 cm³/mol. The normalized spacial score (nSPS) is 11.6. The monoisotopic (exact) mass is 434 g/mol. The number of pyridine rings is 1. The third kappa shape index (κ3) is 5.60. The minimum Gasteiger partial charge on any atom is -0.466 e. The van der Waals surface area contributed by atoms with Crippen LogP contribution in [0, 0.1) is 12.3 Å². The third-order valence-corrected chi connectivity index (χ3v) is 4.89. The van der Waals surface area contributed by atoms with E-state index < -0.39 is 11.9 Å². The molecule has 32 heavy (non-hydrogen) atoms. The highest BCUT2D eigenvalue weighted by atomic mass is 16.5. The van der Waals surface area contributed by atoms with Crippen molar-refractivity contribution in [3.63, 3.8) is 0 Å². The standard InChI is InChI=1S/C24H26N4O4/c1-4-31-23(30)13-21(29)27-15(3)17-7-10-19-14(2)11-22(28-20(19)12-17)32-18-8-5-16(6-9-18)24(25)26/h5-12,15H,4,13H2,1-3H3,(H3,25,26)(H,27,29). The number of aromatic nitrogens is 1. The van der Waals surface area contributed by atoms with E-state index in [1.54, 1.807) is 31.2 Å². The Morgan fingerprint density at radius 1 is 1.16 bits per heavy atom. The summed E-state index contributed by atoms with van der Waals surface area (Å²) in [5.41, 5.74) is 8.67. The average Bonchev–Trinajstić information content (AvgIpc) is 2.73. The Bertz CT molecular complexity index is 1160. The zero-order valence-corrected chi connectivity index (χ0v) is 18.3. The summed E-state index contributed by atoms with van der Waals surface area (Å²) >= 11 is 0. The molecule has 0 bridgehead atoms. The second kappa shape index (κ2) is 9.91. The number of carbonyl (C=O) groups is 2. The number of nitrogens with one attached hydrogen (secondary N) is 2. The van der Waals surface area contributed by atoms with Crippen LogP contribution in [0.4, 0.5) is 0 Å². The second-order valence-corrected chi connectivity index (χ2v) is 7.37. The zero-order valence-electron chi connectivity index (χ0n) is 18.3. The summed E-state index contributed by atoms with van der Waals surface area (Å²) in [5.74, 6) is 0.0587. The Morgan fingerprint density at radius 3 is 2.53 bits per heavy atom. The number of fused-ring (bicyclic) bond motifs is 1. The van der Waals surface area contributed by atoms with Crippen LogP contribution in [-0.4, -0.2) is 29.3 Å². The minimum atomic E-state index is -0.550. The molecule has 8 heteroatoms. The fraction of sp³-hybridized carbons (Fsp3) is 0.250. The number of esters is 1. The number of aryl methyl sites for hydroxylation is 1. The molecular formula is C24H26N4O4. The fourth-order valence-electron chi connectivity index (χ4n) is 3.25. The molecule has 166 valence electrons. The van der Waals surface area contributed by atoms with Crippen LogP contribution in [0.25, 0.3) is 10.9 Å². The third-order valence-electron chi connectivity index (χ3n) is 4.89. The number of rotatable bonds is 8. The molecule has 0 aliphatic carbocycles. The van der Waals surface area contributed by atoms with Crippen LogP contribution in [0.2, 0.25) is 0 Å². The fourth-order valence-corrected chi connectivity index (χ4v) is 3.25. The van der Waals surface area contributed by atoms with Gasteiger partial charge in [-0.25, -0.2) is 4.98 Å². The van der Waals surface area contributed by atoms with E-state index in [0.717, 1.165) is 22.0 Å². The smallest absolute Gasteiger partial charge is 0.315 e. The van der Waals surface area contributed by atoms with E-state index >= 15 is 0 Å². The van der Waals surface area contributed by atoms with Gasteiger partial charge in [0.2, 0.25) is 11.8 Å². The summed E-state index contributed by atoms with van der Waals surface area (Å²) < 4.78 is 10.7. The van der Waals surface area contributed by atoms with E-state index in [0.29, 0.717) is 17.2 Å². The number of amides is 1. The van der Waals surface area contributed by atoms with E-state index in [1.165, 1.54) is 0 Å². The van der Waals surface area contributed by atoms with Crippen molar-refractivity contribution in [2.45, 2.75) is 33.2 Å². The quantitative estimate of drug-likeness (QED) is 0.214. The zero-order chi connectivity index (χ0) is 23.3. The Balaban J connectivity index is 1.78. The molecule has 3 aromatic rings. The van der Waals surface area contributed by atoms with E-state index in [1.807, 2.05) is 38.1 Å². The summed E-state index contributed by atoms with van der Waals surface area (Å²) in [5, 5.41) is 11.2. The first-order chi connectivity index (χ1) is 15.3. The molecule has 8 nitrogen and oxygen atoms in total. The Labute approximate surface area is 186 Å².